The van der Waals surface area contributed by atoms with Gasteiger partial charge >= 0.3 is 5.97 Å². The fourth-order valence-electron chi connectivity index (χ4n) is 4.74. The van der Waals surface area contributed by atoms with Gasteiger partial charge in [-0.2, -0.15) is 0 Å². The zero-order chi connectivity index (χ0) is 20.5. The SMILES string of the molecule is C[C@@H]1CN(c2ccc3c(c2)CCC3=O)C[C@H](C)N1Cc1cccc(CC(=O)O)c1. The topological polar surface area (TPSA) is 60.9 Å². The first-order valence-corrected chi connectivity index (χ1v) is 10.4. The van der Waals surface area contributed by atoms with E-state index in [1.54, 1.807) is 0 Å². The number of Topliss-reactive ketones (excluding diaryl/α,β-unsaturated/α-hetero) is 1. The van der Waals surface area contributed by atoms with Gasteiger partial charge in [0.05, 0.1) is 6.42 Å². The molecule has 1 aliphatic heterocycles. The highest BCUT2D eigenvalue weighted by Gasteiger charge is 2.30. The number of carbonyl (C=O) groups is 2. The third-order valence-electron chi connectivity index (χ3n) is 6.19. The number of carbonyl (C=O) groups excluding carboxylic acids is 1. The summed E-state index contributed by atoms with van der Waals surface area (Å²) in [6.07, 6.45) is 1.56. The monoisotopic (exact) mass is 392 g/mol. The van der Waals surface area contributed by atoms with E-state index in [1.807, 2.05) is 24.3 Å². The molecule has 1 aliphatic carbocycles. The summed E-state index contributed by atoms with van der Waals surface area (Å²) in [5, 5.41) is 9.04. The quantitative estimate of drug-likeness (QED) is 0.843. The molecular weight excluding hydrogens is 364 g/mol. The standard InChI is InChI=1S/C24H28N2O3/c1-16-13-25(21-7-8-22-20(12-21)6-9-23(22)27)14-17(2)26(16)15-19-5-3-4-18(10-19)11-24(28)29/h3-5,7-8,10,12,16-17H,6,9,11,13-15H2,1-2H3,(H,28,29)/t16-,17+. The van der Waals surface area contributed by atoms with Crippen molar-refractivity contribution in [3.63, 3.8) is 0 Å². The zero-order valence-electron chi connectivity index (χ0n) is 17.1. The van der Waals surface area contributed by atoms with E-state index < -0.39 is 5.97 Å². The number of hydrogen-bond donors (Lipinski definition) is 1. The summed E-state index contributed by atoms with van der Waals surface area (Å²) in [4.78, 5) is 27.8. The molecule has 0 aromatic heterocycles. The van der Waals surface area contributed by atoms with Gasteiger partial charge in [-0.1, -0.05) is 24.3 Å². The molecule has 1 saturated heterocycles. The van der Waals surface area contributed by atoms with Crippen molar-refractivity contribution < 1.29 is 14.7 Å². The molecule has 2 aromatic rings. The molecule has 0 saturated carbocycles. The van der Waals surface area contributed by atoms with Crippen LogP contribution >= 0.6 is 0 Å². The van der Waals surface area contributed by atoms with Crippen molar-refractivity contribution in [1.82, 2.24) is 4.90 Å². The molecule has 0 amide bonds. The van der Waals surface area contributed by atoms with E-state index in [9.17, 15) is 9.59 Å². The number of anilines is 1. The molecule has 0 spiro atoms. The van der Waals surface area contributed by atoms with Gasteiger partial charge in [-0.3, -0.25) is 14.5 Å². The van der Waals surface area contributed by atoms with E-state index >= 15 is 0 Å². The Labute approximate surface area is 171 Å². The second-order valence-corrected chi connectivity index (χ2v) is 8.43. The second kappa shape index (κ2) is 7.99. The normalized spacial score (nSPS) is 22.0. The molecule has 2 aliphatic rings. The molecule has 5 nitrogen and oxygen atoms in total. The average molecular weight is 392 g/mol. The van der Waals surface area contributed by atoms with Gasteiger partial charge in [0.25, 0.3) is 0 Å². The van der Waals surface area contributed by atoms with Crippen LogP contribution in [0.3, 0.4) is 0 Å². The molecule has 5 heteroatoms. The van der Waals surface area contributed by atoms with Crippen molar-refractivity contribution >= 4 is 17.4 Å². The van der Waals surface area contributed by atoms with Crippen LogP contribution in [-0.4, -0.2) is 46.9 Å². The van der Waals surface area contributed by atoms with Crippen molar-refractivity contribution in [1.29, 1.82) is 0 Å². The summed E-state index contributed by atoms with van der Waals surface area (Å²) in [5.74, 6) is -0.531. The minimum absolute atomic E-state index is 0.0631. The largest absolute Gasteiger partial charge is 0.481 e. The first-order valence-electron chi connectivity index (χ1n) is 10.4. The molecule has 2 atom stereocenters. The Bertz CT molecular complexity index is 927. The number of aliphatic carboxylic acids is 1. The Morgan fingerprint density at radius 2 is 1.76 bits per heavy atom. The van der Waals surface area contributed by atoms with Crippen LogP contribution in [0.15, 0.2) is 42.5 Å². The first kappa shape index (κ1) is 19.6. The molecule has 2 aromatic carbocycles. The predicted molar refractivity (Wildman–Crippen MR) is 114 cm³/mol. The van der Waals surface area contributed by atoms with E-state index in [1.165, 1.54) is 11.3 Å². The van der Waals surface area contributed by atoms with Gasteiger partial charge in [-0.05, 0) is 55.2 Å². The highest BCUT2D eigenvalue weighted by Crippen LogP contribution is 2.29. The van der Waals surface area contributed by atoms with Crippen LogP contribution in [-0.2, 0) is 24.2 Å². The Morgan fingerprint density at radius 1 is 1.03 bits per heavy atom. The smallest absolute Gasteiger partial charge is 0.307 e. The lowest BCUT2D eigenvalue weighted by molar-refractivity contribution is -0.136. The van der Waals surface area contributed by atoms with Crippen LogP contribution in [0.5, 0.6) is 0 Å². The first-order chi connectivity index (χ1) is 13.9. The summed E-state index contributed by atoms with van der Waals surface area (Å²) in [6, 6.07) is 14.9. The van der Waals surface area contributed by atoms with Gasteiger partial charge in [-0.15, -0.1) is 0 Å². The van der Waals surface area contributed by atoms with Crippen LogP contribution in [0, 0.1) is 0 Å². The molecule has 4 rings (SSSR count). The number of ketones is 1. The van der Waals surface area contributed by atoms with Crippen molar-refractivity contribution in [2.24, 2.45) is 0 Å². The zero-order valence-corrected chi connectivity index (χ0v) is 17.1. The summed E-state index contributed by atoms with van der Waals surface area (Å²) >= 11 is 0. The lowest BCUT2D eigenvalue weighted by Gasteiger charge is -2.45. The number of carboxylic acid groups (broad SMARTS) is 1. The van der Waals surface area contributed by atoms with E-state index in [0.29, 0.717) is 18.5 Å². The molecule has 0 bridgehead atoms. The van der Waals surface area contributed by atoms with Crippen molar-refractivity contribution in [2.75, 3.05) is 18.0 Å². The lowest BCUT2D eigenvalue weighted by Crippen LogP contribution is -2.56. The molecule has 0 unspecified atom stereocenters. The van der Waals surface area contributed by atoms with Crippen LogP contribution in [0.2, 0.25) is 0 Å². The maximum absolute atomic E-state index is 11.9. The maximum atomic E-state index is 11.9. The number of aryl methyl sites for hydroxylation is 1. The molecule has 152 valence electrons. The summed E-state index contributed by atoms with van der Waals surface area (Å²) in [7, 11) is 0. The Morgan fingerprint density at radius 3 is 2.48 bits per heavy atom. The van der Waals surface area contributed by atoms with Gasteiger partial charge in [-0.25, -0.2) is 0 Å². The van der Waals surface area contributed by atoms with Gasteiger partial charge < -0.3 is 10.0 Å². The van der Waals surface area contributed by atoms with E-state index in [0.717, 1.165) is 42.7 Å². The maximum Gasteiger partial charge on any atom is 0.307 e. The molecule has 1 N–H and O–H groups in total. The van der Waals surface area contributed by atoms with Crippen LogP contribution in [0.25, 0.3) is 0 Å². The number of piperazine rings is 1. The van der Waals surface area contributed by atoms with E-state index in [2.05, 4.69) is 41.8 Å². The van der Waals surface area contributed by atoms with Gasteiger partial charge in [0.1, 0.15) is 0 Å². The summed E-state index contributed by atoms with van der Waals surface area (Å²) in [6.45, 7) is 7.20. The van der Waals surface area contributed by atoms with Crippen LogP contribution in [0.4, 0.5) is 5.69 Å². The van der Waals surface area contributed by atoms with Crippen LogP contribution < -0.4 is 4.90 Å². The van der Waals surface area contributed by atoms with Gasteiger partial charge in [0, 0.05) is 49.4 Å². The average Bonchev–Trinajstić information content (AvgIpc) is 3.05. The number of hydrogen-bond acceptors (Lipinski definition) is 4. The fourth-order valence-corrected chi connectivity index (χ4v) is 4.74. The van der Waals surface area contributed by atoms with Gasteiger partial charge in [0.2, 0.25) is 0 Å². The molecule has 0 radical (unpaired) electrons. The number of rotatable bonds is 5. The highest BCUT2D eigenvalue weighted by atomic mass is 16.4. The Hall–Kier alpha value is -2.66. The van der Waals surface area contributed by atoms with Crippen LogP contribution in [0.1, 0.15) is 47.3 Å². The minimum Gasteiger partial charge on any atom is -0.481 e. The van der Waals surface area contributed by atoms with Crippen molar-refractivity contribution in [3.05, 3.63) is 64.7 Å². The number of benzene rings is 2. The number of nitrogens with zero attached hydrogens (tertiary/aromatic N) is 2. The highest BCUT2D eigenvalue weighted by molar-refractivity contribution is 6.00. The van der Waals surface area contributed by atoms with Gasteiger partial charge in [0.15, 0.2) is 5.78 Å². The van der Waals surface area contributed by atoms with E-state index in [4.69, 9.17) is 5.11 Å². The van der Waals surface area contributed by atoms with Crippen molar-refractivity contribution in [3.8, 4) is 0 Å². The predicted octanol–water partition coefficient (Wildman–Crippen LogP) is 3.54. The Kier molecular flexibility index (Phi) is 5.41. The molecular formula is C24H28N2O3. The van der Waals surface area contributed by atoms with E-state index in [-0.39, 0.29) is 12.2 Å². The molecule has 1 heterocycles. The summed E-state index contributed by atoms with van der Waals surface area (Å²) in [5.41, 5.74) is 5.30. The second-order valence-electron chi connectivity index (χ2n) is 8.43. The third-order valence-corrected chi connectivity index (χ3v) is 6.19. The molecule has 1 fully saturated rings. The third kappa shape index (κ3) is 4.20. The van der Waals surface area contributed by atoms with Crippen molar-refractivity contribution in [2.45, 2.75) is 51.7 Å². The number of fused-ring (bicyclic) bond motifs is 1. The molecule has 29 heavy (non-hydrogen) atoms. The summed E-state index contributed by atoms with van der Waals surface area (Å²) < 4.78 is 0. The minimum atomic E-state index is -0.798. The fraction of sp³-hybridized carbons (Fsp3) is 0.417. The number of carboxylic acids is 1. The Balaban J connectivity index is 1.46. The lowest BCUT2D eigenvalue weighted by atomic mass is 10.0.